The van der Waals surface area contributed by atoms with Gasteiger partial charge in [0.2, 0.25) is 0 Å². The van der Waals surface area contributed by atoms with Crippen molar-refractivity contribution in [2.45, 2.75) is 91.9 Å². The quantitative estimate of drug-likeness (QED) is 0.426. The third-order valence-corrected chi connectivity index (χ3v) is 5.44. The summed E-state index contributed by atoms with van der Waals surface area (Å²) in [5, 5.41) is 0. The Kier molecular flexibility index (Phi) is 7.94. The predicted octanol–water partition coefficient (Wildman–Crippen LogP) is 8.29. The van der Waals surface area contributed by atoms with Gasteiger partial charge in [0.15, 0.2) is 0 Å². The number of aryl methyl sites for hydroxylation is 2. The maximum atomic E-state index is 2.46. The lowest BCUT2D eigenvalue weighted by molar-refractivity contribution is 0.782. The van der Waals surface area contributed by atoms with E-state index in [-0.39, 0.29) is 0 Å². The number of hydrogen-bond acceptors (Lipinski definition) is 0. The minimum Gasteiger partial charge on any atom is -0.0654 e. The summed E-state index contributed by atoms with van der Waals surface area (Å²) in [6, 6.07) is 14.3. The van der Waals surface area contributed by atoms with Crippen molar-refractivity contribution in [1.82, 2.24) is 0 Å². The lowest BCUT2D eigenvalue weighted by Gasteiger charge is -2.19. The third-order valence-electron chi connectivity index (χ3n) is 5.44. The van der Waals surface area contributed by atoms with E-state index in [2.05, 4.69) is 77.9 Å². The van der Waals surface area contributed by atoms with Gasteiger partial charge in [0.25, 0.3) is 0 Å². The summed E-state index contributed by atoms with van der Waals surface area (Å²) in [6.45, 7) is 13.8. The fourth-order valence-corrected chi connectivity index (χ4v) is 3.66. The highest BCUT2D eigenvalue weighted by Gasteiger charge is 2.14. The zero-order chi connectivity index (χ0) is 19.1. The Hall–Kier alpha value is -1.56. The summed E-state index contributed by atoms with van der Waals surface area (Å²) in [6.07, 6.45) is 7.42. The van der Waals surface area contributed by atoms with Crippen LogP contribution in [0.15, 0.2) is 36.4 Å². The molecule has 0 aliphatic heterocycles. The fraction of sp³-hybridized carbons (Fsp3) is 0.538. The van der Waals surface area contributed by atoms with Crippen LogP contribution in [0.3, 0.4) is 0 Å². The highest BCUT2D eigenvalue weighted by molar-refractivity contribution is 5.73. The highest BCUT2D eigenvalue weighted by atomic mass is 14.2. The van der Waals surface area contributed by atoms with Gasteiger partial charge < -0.3 is 0 Å². The third kappa shape index (κ3) is 5.22. The second-order valence-electron chi connectivity index (χ2n) is 8.36. The molecule has 142 valence electrons. The van der Waals surface area contributed by atoms with E-state index in [1.807, 2.05) is 0 Å². The van der Waals surface area contributed by atoms with Crippen molar-refractivity contribution in [3.8, 4) is 11.1 Å². The Morgan fingerprint density at radius 3 is 1.54 bits per heavy atom. The van der Waals surface area contributed by atoms with Crippen LogP contribution in [0.25, 0.3) is 11.1 Å². The van der Waals surface area contributed by atoms with Crippen molar-refractivity contribution in [2.75, 3.05) is 0 Å². The van der Waals surface area contributed by atoms with Crippen molar-refractivity contribution in [2.24, 2.45) is 0 Å². The van der Waals surface area contributed by atoms with Crippen LogP contribution in [0.1, 0.15) is 101 Å². The minimum absolute atomic E-state index is 0.564. The molecule has 0 spiro atoms. The van der Waals surface area contributed by atoms with Gasteiger partial charge in [-0.05, 0) is 70.9 Å². The van der Waals surface area contributed by atoms with Crippen LogP contribution in [0, 0.1) is 0 Å². The first-order chi connectivity index (χ1) is 12.5. The molecule has 2 rings (SSSR count). The number of rotatable bonds is 9. The van der Waals surface area contributed by atoms with E-state index in [1.54, 1.807) is 0 Å². The summed E-state index contributed by atoms with van der Waals surface area (Å²) in [4.78, 5) is 0. The highest BCUT2D eigenvalue weighted by Crippen LogP contribution is 2.34. The van der Waals surface area contributed by atoms with Crippen molar-refractivity contribution in [1.29, 1.82) is 0 Å². The van der Waals surface area contributed by atoms with Crippen LogP contribution >= 0.6 is 0 Å². The lowest BCUT2D eigenvalue weighted by atomic mass is 9.85. The van der Waals surface area contributed by atoms with Crippen LogP contribution < -0.4 is 0 Å². The molecule has 0 aliphatic rings. The second kappa shape index (κ2) is 9.95. The molecular formula is C26H38. The first-order valence-corrected chi connectivity index (χ1v) is 10.7. The molecule has 0 unspecified atom stereocenters. The first-order valence-electron chi connectivity index (χ1n) is 10.7. The Balaban J connectivity index is 2.63. The van der Waals surface area contributed by atoms with E-state index in [4.69, 9.17) is 0 Å². The summed E-state index contributed by atoms with van der Waals surface area (Å²) in [7, 11) is 0. The van der Waals surface area contributed by atoms with Crippen LogP contribution in [0.4, 0.5) is 0 Å². The molecule has 2 aromatic rings. The summed E-state index contributed by atoms with van der Waals surface area (Å²) in [5.41, 5.74) is 8.99. The van der Waals surface area contributed by atoms with Gasteiger partial charge in [-0.3, -0.25) is 0 Å². The normalized spacial score (nSPS) is 11.5. The topological polar surface area (TPSA) is 0 Å². The molecule has 0 fully saturated rings. The molecular weight excluding hydrogens is 312 g/mol. The average molecular weight is 351 g/mol. The number of hydrogen-bond donors (Lipinski definition) is 0. The van der Waals surface area contributed by atoms with Crippen molar-refractivity contribution in [3.05, 3.63) is 58.7 Å². The zero-order valence-corrected chi connectivity index (χ0v) is 17.9. The molecule has 0 heteroatoms. The molecule has 0 heterocycles. The summed E-state index contributed by atoms with van der Waals surface area (Å²) in [5.74, 6) is 1.13. The van der Waals surface area contributed by atoms with E-state index in [0.29, 0.717) is 11.8 Å². The Labute approximate surface area is 162 Å². The first kappa shape index (κ1) is 20.7. The van der Waals surface area contributed by atoms with Gasteiger partial charge in [-0.2, -0.15) is 0 Å². The summed E-state index contributed by atoms with van der Waals surface area (Å²) >= 11 is 0. The van der Waals surface area contributed by atoms with Gasteiger partial charge in [0, 0.05) is 0 Å². The number of benzene rings is 2. The van der Waals surface area contributed by atoms with Gasteiger partial charge >= 0.3 is 0 Å². The molecule has 0 aliphatic carbocycles. The molecule has 0 nitrogen and oxygen atoms in total. The minimum atomic E-state index is 0.564. The lowest BCUT2D eigenvalue weighted by Crippen LogP contribution is -2.00. The van der Waals surface area contributed by atoms with E-state index < -0.39 is 0 Å². The monoisotopic (exact) mass is 350 g/mol. The molecule has 2 aromatic carbocycles. The average Bonchev–Trinajstić information content (AvgIpc) is 2.64. The zero-order valence-electron chi connectivity index (χ0n) is 17.9. The maximum absolute atomic E-state index is 2.46. The maximum Gasteiger partial charge on any atom is -0.0120 e. The van der Waals surface area contributed by atoms with Gasteiger partial charge in [-0.1, -0.05) is 90.8 Å². The molecule has 0 saturated heterocycles. The SMILES string of the molecule is CCCCc1cccc(CCCC)c1-c1cc(C(C)C)cc(C(C)C)c1. The molecule has 0 N–H and O–H groups in total. The largest absolute Gasteiger partial charge is 0.0654 e. The Morgan fingerprint density at radius 2 is 1.15 bits per heavy atom. The van der Waals surface area contributed by atoms with Gasteiger partial charge in [0.05, 0.1) is 0 Å². The Morgan fingerprint density at radius 1 is 0.692 bits per heavy atom. The molecule has 0 amide bonds. The standard InChI is InChI=1S/C26H38/c1-7-9-12-21-14-11-15-22(13-10-8-2)26(21)25-17-23(19(3)4)16-24(18-25)20(5)6/h11,14-20H,7-10,12-13H2,1-6H3. The smallest absolute Gasteiger partial charge is 0.0120 e. The van der Waals surface area contributed by atoms with Crippen molar-refractivity contribution >= 4 is 0 Å². The van der Waals surface area contributed by atoms with Crippen LogP contribution in [-0.4, -0.2) is 0 Å². The summed E-state index contributed by atoms with van der Waals surface area (Å²) < 4.78 is 0. The van der Waals surface area contributed by atoms with Crippen molar-refractivity contribution in [3.63, 3.8) is 0 Å². The van der Waals surface area contributed by atoms with Gasteiger partial charge in [0.1, 0.15) is 0 Å². The van der Waals surface area contributed by atoms with Crippen LogP contribution in [0.5, 0.6) is 0 Å². The van der Waals surface area contributed by atoms with E-state index in [0.717, 1.165) is 0 Å². The van der Waals surface area contributed by atoms with Crippen LogP contribution in [0.2, 0.25) is 0 Å². The molecule has 0 saturated carbocycles. The van der Waals surface area contributed by atoms with E-state index in [1.165, 1.54) is 71.9 Å². The number of unbranched alkanes of at least 4 members (excludes halogenated alkanes) is 2. The molecule has 0 bridgehead atoms. The molecule has 0 radical (unpaired) electrons. The van der Waals surface area contributed by atoms with Crippen molar-refractivity contribution < 1.29 is 0 Å². The predicted molar refractivity (Wildman–Crippen MR) is 117 cm³/mol. The van der Waals surface area contributed by atoms with E-state index in [9.17, 15) is 0 Å². The van der Waals surface area contributed by atoms with Gasteiger partial charge in [-0.25, -0.2) is 0 Å². The Bertz CT molecular complexity index is 639. The van der Waals surface area contributed by atoms with Crippen LogP contribution in [-0.2, 0) is 12.8 Å². The molecule has 0 aromatic heterocycles. The second-order valence-corrected chi connectivity index (χ2v) is 8.36. The fourth-order valence-electron chi connectivity index (χ4n) is 3.66. The molecule has 0 atom stereocenters. The molecule has 26 heavy (non-hydrogen) atoms. The van der Waals surface area contributed by atoms with Gasteiger partial charge in [-0.15, -0.1) is 0 Å². The van der Waals surface area contributed by atoms with E-state index >= 15 is 0 Å².